The summed E-state index contributed by atoms with van der Waals surface area (Å²) < 4.78 is 5.21. The van der Waals surface area contributed by atoms with E-state index in [-0.39, 0.29) is 5.41 Å². The Bertz CT molecular complexity index is 624. The summed E-state index contributed by atoms with van der Waals surface area (Å²) >= 11 is 0. The molecule has 0 radical (unpaired) electrons. The van der Waals surface area contributed by atoms with E-state index in [0.29, 0.717) is 11.3 Å². The van der Waals surface area contributed by atoms with Crippen molar-refractivity contribution < 1.29 is 9.62 Å². The van der Waals surface area contributed by atoms with E-state index in [0.717, 1.165) is 25.0 Å². The molecule has 126 valence electrons. The highest BCUT2D eigenvalue weighted by molar-refractivity contribution is 6.01. The van der Waals surface area contributed by atoms with Gasteiger partial charge in [0.15, 0.2) is 0 Å². The second-order valence-corrected chi connectivity index (χ2v) is 8.30. The molecule has 1 saturated carbocycles. The standard InChI is InChI=1S/C20H29NO2/c1-14-16(7-6-15-8-11-23-13-15)20(4)10-5-9-19(2,3)18(20)12-17(14)21-22/h8,11,13,18,22H,5-7,9-10,12H2,1-4H3/b21-17-/t18-,20+/m0/s1. The van der Waals surface area contributed by atoms with Gasteiger partial charge in [-0.15, -0.1) is 0 Å². The third-order valence-corrected chi connectivity index (χ3v) is 6.57. The van der Waals surface area contributed by atoms with Gasteiger partial charge in [-0.2, -0.15) is 0 Å². The van der Waals surface area contributed by atoms with Crippen molar-refractivity contribution >= 4 is 5.71 Å². The average molecular weight is 315 g/mol. The summed E-state index contributed by atoms with van der Waals surface area (Å²) in [5.74, 6) is 0.553. The van der Waals surface area contributed by atoms with Crippen molar-refractivity contribution in [3.63, 3.8) is 0 Å². The molecule has 1 heterocycles. The van der Waals surface area contributed by atoms with Gasteiger partial charge in [-0.05, 0) is 73.0 Å². The van der Waals surface area contributed by atoms with Gasteiger partial charge in [0.2, 0.25) is 0 Å². The summed E-state index contributed by atoms with van der Waals surface area (Å²) in [7, 11) is 0. The topological polar surface area (TPSA) is 45.7 Å². The van der Waals surface area contributed by atoms with E-state index >= 15 is 0 Å². The maximum Gasteiger partial charge on any atom is 0.0934 e. The molecule has 2 aliphatic carbocycles. The lowest BCUT2D eigenvalue weighted by Gasteiger charge is -2.55. The molecule has 23 heavy (non-hydrogen) atoms. The summed E-state index contributed by atoms with van der Waals surface area (Å²) in [5.41, 5.74) is 5.37. The number of fused-ring (bicyclic) bond motifs is 1. The summed E-state index contributed by atoms with van der Waals surface area (Å²) in [4.78, 5) is 0. The molecule has 3 rings (SSSR count). The first kappa shape index (κ1) is 16.4. The third-order valence-electron chi connectivity index (χ3n) is 6.57. The molecule has 0 amide bonds. The van der Waals surface area contributed by atoms with E-state index in [9.17, 15) is 5.21 Å². The summed E-state index contributed by atoms with van der Waals surface area (Å²) in [6, 6.07) is 2.05. The number of aryl methyl sites for hydroxylation is 1. The minimum atomic E-state index is 0.226. The molecule has 0 bridgehead atoms. The van der Waals surface area contributed by atoms with E-state index in [1.54, 1.807) is 6.26 Å². The first-order valence-corrected chi connectivity index (χ1v) is 8.81. The average Bonchev–Trinajstić information content (AvgIpc) is 2.99. The van der Waals surface area contributed by atoms with Crippen LogP contribution in [-0.4, -0.2) is 10.9 Å². The van der Waals surface area contributed by atoms with Crippen LogP contribution in [0.15, 0.2) is 39.3 Å². The predicted octanol–water partition coefficient (Wildman–Crippen LogP) is 5.60. The van der Waals surface area contributed by atoms with Gasteiger partial charge in [0.1, 0.15) is 0 Å². The van der Waals surface area contributed by atoms with Crippen molar-refractivity contribution in [2.45, 2.75) is 66.2 Å². The summed E-state index contributed by atoms with van der Waals surface area (Å²) in [6.07, 6.45) is 10.3. The Morgan fingerprint density at radius 1 is 1.26 bits per heavy atom. The van der Waals surface area contributed by atoms with Gasteiger partial charge < -0.3 is 9.62 Å². The van der Waals surface area contributed by atoms with Gasteiger partial charge in [-0.1, -0.05) is 37.9 Å². The number of rotatable bonds is 3. The molecule has 1 fully saturated rings. The monoisotopic (exact) mass is 315 g/mol. The van der Waals surface area contributed by atoms with E-state index in [1.165, 1.54) is 36.0 Å². The molecule has 0 saturated heterocycles. The molecule has 1 aromatic heterocycles. The zero-order valence-corrected chi connectivity index (χ0v) is 14.9. The van der Waals surface area contributed by atoms with Crippen molar-refractivity contribution in [3.05, 3.63) is 35.3 Å². The van der Waals surface area contributed by atoms with Gasteiger partial charge in [-0.25, -0.2) is 0 Å². The highest BCUT2D eigenvalue weighted by Gasteiger charge is 2.51. The molecule has 2 atom stereocenters. The Labute approximate surface area is 139 Å². The Morgan fingerprint density at radius 2 is 2.04 bits per heavy atom. The van der Waals surface area contributed by atoms with Gasteiger partial charge in [-0.3, -0.25) is 0 Å². The number of oxime groups is 1. The summed E-state index contributed by atoms with van der Waals surface area (Å²) in [6.45, 7) is 9.36. The van der Waals surface area contributed by atoms with E-state index in [4.69, 9.17) is 4.42 Å². The Kier molecular flexibility index (Phi) is 4.16. The molecule has 2 aliphatic rings. The predicted molar refractivity (Wildman–Crippen MR) is 92.8 cm³/mol. The molecular formula is C20H29NO2. The smallest absolute Gasteiger partial charge is 0.0934 e. The van der Waals surface area contributed by atoms with Crippen LogP contribution in [0.3, 0.4) is 0 Å². The molecular weight excluding hydrogens is 286 g/mol. The molecule has 0 aromatic carbocycles. The van der Waals surface area contributed by atoms with Gasteiger partial charge in [0.05, 0.1) is 18.2 Å². The first-order valence-electron chi connectivity index (χ1n) is 8.81. The lowest BCUT2D eigenvalue weighted by molar-refractivity contribution is 0.0257. The van der Waals surface area contributed by atoms with Gasteiger partial charge in [0, 0.05) is 0 Å². The molecule has 0 aliphatic heterocycles. The molecule has 0 spiro atoms. The number of allylic oxidation sites excluding steroid dienone is 2. The molecule has 1 N–H and O–H groups in total. The van der Waals surface area contributed by atoms with Crippen LogP contribution in [0, 0.1) is 16.7 Å². The highest BCUT2D eigenvalue weighted by atomic mass is 16.4. The maximum absolute atomic E-state index is 9.51. The zero-order valence-electron chi connectivity index (χ0n) is 14.9. The minimum Gasteiger partial charge on any atom is -0.472 e. The highest BCUT2D eigenvalue weighted by Crippen LogP contribution is 2.59. The fourth-order valence-corrected chi connectivity index (χ4v) is 5.23. The van der Waals surface area contributed by atoms with E-state index in [1.807, 2.05) is 12.3 Å². The zero-order chi connectivity index (χ0) is 16.7. The Balaban J connectivity index is 1.98. The van der Waals surface area contributed by atoms with Crippen LogP contribution >= 0.6 is 0 Å². The van der Waals surface area contributed by atoms with Crippen molar-refractivity contribution in [2.75, 3.05) is 0 Å². The normalized spacial score (nSPS) is 32.2. The minimum absolute atomic E-state index is 0.226. The fraction of sp³-hybridized carbons (Fsp3) is 0.650. The Hall–Kier alpha value is -1.51. The van der Waals surface area contributed by atoms with Crippen LogP contribution < -0.4 is 0 Å². The van der Waals surface area contributed by atoms with Crippen LogP contribution in [0.1, 0.15) is 65.4 Å². The molecule has 0 unspecified atom stereocenters. The van der Waals surface area contributed by atoms with Crippen LogP contribution in [0.2, 0.25) is 0 Å². The van der Waals surface area contributed by atoms with Gasteiger partial charge in [0.25, 0.3) is 0 Å². The van der Waals surface area contributed by atoms with Crippen LogP contribution in [0.25, 0.3) is 0 Å². The van der Waals surface area contributed by atoms with E-state index in [2.05, 4.69) is 32.9 Å². The maximum atomic E-state index is 9.51. The first-order chi connectivity index (χ1) is 10.9. The van der Waals surface area contributed by atoms with Crippen LogP contribution in [0.4, 0.5) is 0 Å². The summed E-state index contributed by atoms with van der Waals surface area (Å²) in [5, 5.41) is 13.2. The van der Waals surface area contributed by atoms with Gasteiger partial charge >= 0.3 is 0 Å². The van der Waals surface area contributed by atoms with Crippen molar-refractivity contribution in [1.82, 2.24) is 0 Å². The molecule has 1 aromatic rings. The number of furan rings is 1. The number of nitrogens with zero attached hydrogens (tertiary/aromatic N) is 1. The lowest BCUT2D eigenvalue weighted by atomic mass is 9.49. The second kappa shape index (κ2) is 5.85. The van der Waals surface area contributed by atoms with Crippen LogP contribution in [0.5, 0.6) is 0 Å². The second-order valence-electron chi connectivity index (χ2n) is 8.30. The van der Waals surface area contributed by atoms with Crippen LogP contribution in [-0.2, 0) is 6.42 Å². The van der Waals surface area contributed by atoms with Crippen molar-refractivity contribution in [1.29, 1.82) is 0 Å². The molecule has 3 nitrogen and oxygen atoms in total. The quantitative estimate of drug-likeness (QED) is 0.583. The number of hydrogen-bond acceptors (Lipinski definition) is 3. The third kappa shape index (κ3) is 2.75. The molecule has 3 heteroatoms. The lowest BCUT2D eigenvalue weighted by Crippen LogP contribution is -2.47. The number of hydrogen-bond donors (Lipinski definition) is 1. The SMILES string of the molecule is CC1=C(CCc2ccoc2)[C@@]2(C)CCCC(C)(C)[C@@H]2C/C1=N/O. The van der Waals surface area contributed by atoms with Crippen molar-refractivity contribution in [3.8, 4) is 0 Å². The van der Waals surface area contributed by atoms with E-state index < -0.39 is 0 Å². The largest absolute Gasteiger partial charge is 0.472 e. The Morgan fingerprint density at radius 3 is 2.70 bits per heavy atom. The van der Waals surface area contributed by atoms with Crippen molar-refractivity contribution in [2.24, 2.45) is 21.9 Å². The fourth-order valence-electron chi connectivity index (χ4n) is 5.23.